The number of likely N-dealkylation sites (tertiary alicyclic amines) is 1. The van der Waals surface area contributed by atoms with Gasteiger partial charge in [0, 0.05) is 51.7 Å². The Labute approximate surface area is 127 Å². The van der Waals surface area contributed by atoms with E-state index in [1.807, 2.05) is 18.0 Å². The fourth-order valence-electron chi connectivity index (χ4n) is 3.79. The summed E-state index contributed by atoms with van der Waals surface area (Å²) >= 11 is 0. The Kier molecular flexibility index (Phi) is 4.62. The van der Waals surface area contributed by atoms with Gasteiger partial charge >= 0.3 is 0 Å². The summed E-state index contributed by atoms with van der Waals surface area (Å²) < 4.78 is 13.8. The van der Waals surface area contributed by atoms with Crippen LogP contribution in [0.1, 0.15) is 38.2 Å². The molecule has 0 aromatic carbocycles. The van der Waals surface area contributed by atoms with E-state index in [0.29, 0.717) is 0 Å². The number of hydrogen-bond acceptors (Lipinski definition) is 4. The molecular weight excluding hydrogens is 266 g/mol. The Hall–Kier alpha value is -0.910. The summed E-state index contributed by atoms with van der Waals surface area (Å²) in [6, 6.07) is 0. The molecule has 0 amide bonds. The molecule has 3 rings (SSSR count). The predicted molar refractivity (Wildman–Crippen MR) is 81.1 cm³/mol. The zero-order chi connectivity index (χ0) is 14.7. The van der Waals surface area contributed by atoms with Crippen LogP contribution < -0.4 is 0 Å². The van der Waals surface area contributed by atoms with E-state index in [0.717, 1.165) is 58.5 Å². The lowest BCUT2D eigenvalue weighted by Gasteiger charge is -2.44. The largest absolute Gasteiger partial charge is 0.378 e. The molecule has 0 radical (unpaired) electrons. The lowest BCUT2D eigenvalue weighted by molar-refractivity contribution is -0.145. The topological polar surface area (TPSA) is 39.5 Å². The van der Waals surface area contributed by atoms with Gasteiger partial charge in [-0.1, -0.05) is 6.92 Å². The minimum atomic E-state index is -0.0770. The van der Waals surface area contributed by atoms with Gasteiger partial charge in [-0.2, -0.15) is 5.10 Å². The lowest BCUT2D eigenvalue weighted by Crippen LogP contribution is -2.56. The predicted octanol–water partition coefficient (Wildman–Crippen LogP) is 2.06. The number of aryl methyl sites for hydroxylation is 1. The van der Waals surface area contributed by atoms with Crippen LogP contribution in [0.25, 0.3) is 0 Å². The highest BCUT2D eigenvalue weighted by molar-refractivity contribution is 5.06. The van der Waals surface area contributed by atoms with Crippen molar-refractivity contribution < 1.29 is 9.47 Å². The number of hydrogen-bond donors (Lipinski definition) is 0. The average Bonchev–Trinajstić information content (AvgIpc) is 3.10. The maximum atomic E-state index is 6.11. The van der Waals surface area contributed by atoms with Crippen LogP contribution in [0.2, 0.25) is 0 Å². The number of nitrogens with zero attached hydrogens (tertiary/aromatic N) is 3. The molecule has 0 unspecified atom stereocenters. The molecule has 0 N–H and O–H groups in total. The van der Waals surface area contributed by atoms with Crippen molar-refractivity contribution in [1.29, 1.82) is 0 Å². The van der Waals surface area contributed by atoms with Crippen molar-refractivity contribution in [3.63, 3.8) is 0 Å². The van der Waals surface area contributed by atoms with Crippen molar-refractivity contribution in [2.75, 3.05) is 26.8 Å². The van der Waals surface area contributed by atoms with E-state index in [-0.39, 0.29) is 11.7 Å². The Morgan fingerprint density at radius 3 is 3.14 bits per heavy atom. The first-order valence-electron chi connectivity index (χ1n) is 8.16. The summed E-state index contributed by atoms with van der Waals surface area (Å²) in [5.74, 6) is 0. The van der Waals surface area contributed by atoms with E-state index < -0.39 is 0 Å². The SMILES string of the molecule is CCCn1cc(CN2CC[C@H](OC)[C@]3(CCCO3)C2)cn1. The van der Waals surface area contributed by atoms with Gasteiger partial charge in [-0.05, 0) is 25.7 Å². The van der Waals surface area contributed by atoms with Crippen molar-refractivity contribution >= 4 is 0 Å². The molecule has 3 heterocycles. The van der Waals surface area contributed by atoms with Gasteiger partial charge in [-0.3, -0.25) is 9.58 Å². The molecule has 0 aliphatic carbocycles. The van der Waals surface area contributed by atoms with Gasteiger partial charge in [0.1, 0.15) is 5.60 Å². The highest BCUT2D eigenvalue weighted by Crippen LogP contribution is 2.36. The molecule has 2 fully saturated rings. The minimum Gasteiger partial charge on any atom is -0.378 e. The molecule has 5 nitrogen and oxygen atoms in total. The zero-order valence-corrected chi connectivity index (χ0v) is 13.3. The fourth-order valence-corrected chi connectivity index (χ4v) is 3.79. The zero-order valence-electron chi connectivity index (χ0n) is 13.3. The molecule has 2 saturated heterocycles. The molecule has 1 aromatic heterocycles. The third-order valence-corrected chi connectivity index (χ3v) is 4.75. The van der Waals surface area contributed by atoms with Gasteiger partial charge in [0.15, 0.2) is 0 Å². The van der Waals surface area contributed by atoms with E-state index in [1.54, 1.807) is 0 Å². The molecule has 1 aromatic rings. The average molecular weight is 293 g/mol. The second-order valence-corrected chi connectivity index (χ2v) is 6.35. The van der Waals surface area contributed by atoms with Gasteiger partial charge in [0.05, 0.1) is 12.3 Å². The number of ether oxygens (including phenoxy) is 2. The van der Waals surface area contributed by atoms with Crippen LogP contribution in [0.4, 0.5) is 0 Å². The highest BCUT2D eigenvalue weighted by atomic mass is 16.5. The quantitative estimate of drug-likeness (QED) is 0.833. The lowest BCUT2D eigenvalue weighted by atomic mass is 9.86. The van der Waals surface area contributed by atoms with Crippen LogP contribution in [0.3, 0.4) is 0 Å². The summed E-state index contributed by atoms with van der Waals surface area (Å²) in [4.78, 5) is 2.49. The van der Waals surface area contributed by atoms with Crippen molar-refractivity contribution in [3.8, 4) is 0 Å². The minimum absolute atomic E-state index is 0.0770. The third kappa shape index (κ3) is 3.15. The maximum absolute atomic E-state index is 6.11. The smallest absolute Gasteiger partial charge is 0.107 e. The van der Waals surface area contributed by atoms with Crippen LogP contribution >= 0.6 is 0 Å². The van der Waals surface area contributed by atoms with Crippen molar-refractivity contribution in [3.05, 3.63) is 18.0 Å². The molecule has 2 aliphatic heterocycles. The first-order chi connectivity index (χ1) is 10.3. The second-order valence-electron chi connectivity index (χ2n) is 6.35. The number of rotatable bonds is 5. The van der Waals surface area contributed by atoms with Crippen LogP contribution in [-0.2, 0) is 22.6 Å². The Bertz CT molecular complexity index is 454. The normalized spacial score (nSPS) is 30.3. The van der Waals surface area contributed by atoms with E-state index in [4.69, 9.17) is 9.47 Å². The van der Waals surface area contributed by atoms with Crippen LogP contribution in [-0.4, -0.2) is 53.2 Å². The Morgan fingerprint density at radius 1 is 1.52 bits per heavy atom. The molecular formula is C16H27N3O2. The molecule has 0 saturated carbocycles. The van der Waals surface area contributed by atoms with Crippen molar-refractivity contribution in [2.45, 2.75) is 57.4 Å². The Morgan fingerprint density at radius 2 is 2.43 bits per heavy atom. The first kappa shape index (κ1) is 15.0. The van der Waals surface area contributed by atoms with Crippen molar-refractivity contribution in [1.82, 2.24) is 14.7 Å². The fraction of sp³-hybridized carbons (Fsp3) is 0.812. The highest BCUT2D eigenvalue weighted by Gasteiger charge is 2.47. The Balaban J connectivity index is 1.63. The van der Waals surface area contributed by atoms with Gasteiger partial charge in [0.2, 0.25) is 0 Å². The van der Waals surface area contributed by atoms with E-state index >= 15 is 0 Å². The molecule has 0 bridgehead atoms. The van der Waals surface area contributed by atoms with E-state index in [1.165, 1.54) is 5.56 Å². The summed E-state index contributed by atoms with van der Waals surface area (Å²) in [6.45, 7) is 7.07. The van der Waals surface area contributed by atoms with Gasteiger partial charge < -0.3 is 9.47 Å². The number of piperidine rings is 1. The molecule has 2 aliphatic rings. The molecule has 21 heavy (non-hydrogen) atoms. The molecule has 1 spiro atoms. The first-order valence-corrected chi connectivity index (χ1v) is 8.16. The van der Waals surface area contributed by atoms with Crippen LogP contribution in [0, 0.1) is 0 Å². The third-order valence-electron chi connectivity index (χ3n) is 4.75. The number of methoxy groups -OCH3 is 1. The second kappa shape index (κ2) is 6.46. The van der Waals surface area contributed by atoms with Crippen LogP contribution in [0.15, 0.2) is 12.4 Å². The standard InChI is InChI=1S/C16H27N3O2/c1-3-7-19-12-14(10-17-19)11-18-8-5-15(20-2)16(13-18)6-4-9-21-16/h10,12,15H,3-9,11,13H2,1-2H3/t15-,16-/m0/s1. The van der Waals surface area contributed by atoms with Gasteiger partial charge in [0.25, 0.3) is 0 Å². The summed E-state index contributed by atoms with van der Waals surface area (Å²) in [5.41, 5.74) is 1.22. The molecule has 5 heteroatoms. The van der Waals surface area contributed by atoms with Crippen molar-refractivity contribution in [2.24, 2.45) is 0 Å². The van der Waals surface area contributed by atoms with E-state index in [9.17, 15) is 0 Å². The van der Waals surface area contributed by atoms with E-state index in [2.05, 4.69) is 23.1 Å². The summed E-state index contributed by atoms with van der Waals surface area (Å²) in [6.07, 6.45) is 8.88. The van der Waals surface area contributed by atoms with Gasteiger partial charge in [-0.25, -0.2) is 0 Å². The summed E-state index contributed by atoms with van der Waals surface area (Å²) in [5, 5.41) is 4.43. The number of aromatic nitrogens is 2. The van der Waals surface area contributed by atoms with Crippen LogP contribution in [0.5, 0.6) is 0 Å². The summed E-state index contributed by atoms with van der Waals surface area (Å²) in [7, 11) is 1.82. The maximum Gasteiger partial charge on any atom is 0.107 e. The van der Waals surface area contributed by atoms with Gasteiger partial charge in [-0.15, -0.1) is 0 Å². The molecule has 118 valence electrons. The molecule has 2 atom stereocenters. The monoisotopic (exact) mass is 293 g/mol.